The summed E-state index contributed by atoms with van der Waals surface area (Å²) in [6.45, 7) is 1.21. The number of ether oxygens (including phenoxy) is 1. The standard InChI is InChI=1S/C10H18N2O3/c1-12(7-10(14)15-2)9(13)6-11-5-8-3-4-8/h8,11H,3-7H2,1-2H3. The van der Waals surface area contributed by atoms with Gasteiger partial charge in [-0.15, -0.1) is 0 Å². The van der Waals surface area contributed by atoms with Crippen LogP contribution in [-0.2, 0) is 14.3 Å². The van der Waals surface area contributed by atoms with Crippen LogP contribution >= 0.6 is 0 Å². The molecule has 0 aromatic rings. The molecule has 5 nitrogen and oxygen atoms in total. The van der Waals surface area contributed by atoms with E-state index in [1.54, 1.807) is 7.05 Å². The molecule has 0 radical (unpaired) electrons. The molecule has 1 saturated carbocycles. The van der Waals surface area contributed by atoms with E-state index in [9.17, 15) is 9.59 Å². The van der Waals surface area contributed by atoms with Crippen LogP contribution in [0.3, 0.4) is 0 Å². The molecule has 1 amide bonds. The molecule has 0 saturated heterocycles. The number of methoxy groups -OCH3 is 1. The predicted molar refractivity (Wildman–Crippen MR) is 55.2 cm³/mol. The van der Waals surface area contributed by atoms with Gasteiger partial charge in [0.25, 0.3) is 0 Å². The maximum absolute atomic E-state index is 11.5. The monoisotopic (exact) mass is 214 g/mol. The van der Waals surface area contributed by atoms with Crippen LogP contribution in [0.15, 0.2) is 0 Å². The molecule has 0 aromatic carbocycles. The van der Waals surface area contributed by atoms with Gasteiger partial charge in [-0.2, -0.15) is 0 Å². The van der Waals surface area contributed by atoms with Crippen LogP contribution in [0.2, 0.25) is 0 Å². The average Bonchev–Trinajstić information content (AvgIpc) is 3.01. The van der Waals surface area contributed by atoms with Crippen molar-refractivity contribution in [2.75, 3.05) is 33.8 Å². The molecule has 0 aromatic heterocycles. The molecule has 86 valence electrons. The summed E-state index contributed by atoms with van der Waals surface area (Å²) in [6.07, 6.45) is 2.53. The van der Waals surface area contributed by atoms with Crippen molar-refractivity contribution >= 4 is 11.9 Å². The largest absolute Gasteiger partial charge is 0.468 e. The van der Waals surface area contributed by atoms with Crippen molar-refractivity contribution in [3.05, 3.63) is 0 Å². The Morgan fingerprint density at radius 1 is 1.47 bits per heavy atom. The molecule has 5 heteroatoms. The Balaban J connectivity index is 2.10. The zero-order chi connectivity index (χ0) is 11.3. The lowest BCUT2D eigenvalue weighted by Gasteiger charge is -2.15. The summed E-state index contributed by atoms with van der Waals surface area (Å²) < 4.78 is 4.47. The summed E-state index contributed by atoms with van der Waals surface area (Å²) in [5, 5.41) is 3.08. The van der Waals surface area contributed by atoms with Gasteiger partial charge in [0.15, 0.2) is 0 Å². The van der Waals surface area contributed by atoms with E-state index in [0.29, 0.717) is 6.54 Å². The molecule has 15 heavy (non-hydrogen) atoms. The topological polar surface area (TPSA) is 58.6 Å². The molecule has 0 bridgehead atoms. The molecular weight excluding hydrogens is 196 g/mol. The van der Waals surface area contributed by atoms with Crippen LogP contribution in [-0.4, -0.2) is 50.6 Å². The molecule has 1 fully saturated rings. The quantitative estimate of drug-likeness (QED) is 0.612. The van der Waals surface area contributed by atoms with Crippen LogP contribution in [0.25, 0.3) is 0 Å². The Labute approximate surface area is 89.8 Å². The molecule has 1 rings (SSSR count). The van der Waals surface area contributed by atoms with Gasteiger partial charge in [0.1, 0.15) is 6.54 Å². The van der Waals surface area contributed by atoms with Gasteiger partial charge in [0.05, 0.1) is 13.7 Å². The number of hydrogen-bond acceptors (Lipinski definition) is 4. The van der Waals surface area contributed by atoms with E-state index in [1.807, 2.05) is 0 Å². The number of likely N-dealkylation sites (N-methyl/N-ethyl adjacent to an activating group) is 1. The van der Waals surface area contributed by atoms with Gasteiger partial charge in [-0.3, -0.25) is 9.59 Å². The molecule has 0 spiro atoms. The Hall–Kier alpha value is -1.10. The number of amides is 1. The minimum atomic E-state index is -0.395. The summed E-state index contributed by atoms with van der Waals surface area (Å²) in [5.41, 5.74) is 0. The van der Waals surface area contributed by atoms with E-state index in [2.05, 4.69) is 10.1 Å². The predicted octanol–water partition coefficient (Wildman–Crippen LogP) is -0.383. The third-order valence-corrected chi connectivity index (χ3v) is 2.43. The van der Waals surface area contributed by atoms with Gasteiger partial charge >= 0.3 is 5.97 Å². The third kappa shape index (κ3) is 4.78. The third-order valence-electron chi connectivity index (χ3n) is 2.43. The first kappa shape index (κ1) is 12.0. The molecule has 1 aliphatic carbocycles. The lowest BCUT2D eigenvalue weighted by Crippen LogP contribution is -2.39. The van der Waals surface area contributed by atoms with Crippen LogP contribution in [0, 0.1) is 5.92 Å². The van der Waals surface area contributed by atoms with E-state index < -0.39 is 5.97 Å². The SMILES string of the molecule is COC(=O)CN(C)C(=O)CNCC1CC1. The highest BCUT2D eigenvalue weighted by atomic mass is 16.5. The van der Waals surface area contributed by atoms with E-state index in [-0.39, 0.29) is 12.5 Å². The number of nitrogens with one attached hydrogen (secondary N) is 1. The van der Waals surface area contributed by atoms with Crippen molar-refractivity contribution < 1.29 is 14.3 Å². The Bertz CT molecular complexity index is 239. The second kappa shape index (κ2) is 5.70. The fourth-order valence-electron chi connectivity index (χ4n) is 1.19. The van der Waals surface area contributed by atoms with Crippen LogP contribution in [0.5, 0.6) is 0 Å². The number of carbonyl (C=O) groups is 2. The summed E-state index contributed by atoms with van der Waals surface area (Å²) in [5.74, 6) is 0.276. The lowest BCUT2D eigenvalue weighted by molar-refractivity contribution is -0.145. The number of hydrogen-bond donors (Lipinski definition) is 1. The van der Waals surface area contributed by atoms with Gasteiger partial charge in [0, 0.05) is 7.05 Å². The average molecular weight is 214 g/mol. The lowest BCUT2D eigenvalue weighted by atomic mass is 10.4. The van der Waals surface area contributed by atoms with E-state index in [0.717, 1.165) is 12.5 Å². The molecular formula is C10H18N2O3. The van der Waals surface area contributed by atoms with Crippen LogP contribution < -0.4 is 5.32 Å². The van der Waals surface area contributed by atoms with E-state index in [1.165, 1.54) is 24.9 Å². The highest BCUT2D eigenvalue weighted by Gasteiger charge is 2.21. The maximum Gasteiger partial charge on any atom is 0.325 e. The van der Waals surface area contributed by atoms with E-state index >= 15 is 0 Å². The number of rotatable bonds is 6. The fourth-order valence-corrected chi connectivity index (χ4v) is 1.19. The second-order valence-corrected chi connectivity index (χ2v) is 3.90. The van der Waals surface area contributed by atoms with Crippen molar-refractivity contribution in [3.63, 3.8) is 0 Å². The first-order chi connectivity index (χ1) is 7.13. The number of nitrogens with zero attached hydrogens (tertiary/aromatic N) is 1. The molecule has 0 atom stereocenters. The summed E-state index contributed by atoms with van der Waals surface area (Å²) in [6, 6.07) is 0. The second-order valence-electron chi connectivity index (χ2n) is 3.90. The Morgan fingerprint density at radius 3 is 2.67 bits per heavy atom. The highest BCUT2D eigenvalue weighted by Crippen LogP contribution is 2.27. The van der Waals surface area contributed by atoms with Gasteiger partial charge in [-0.1, -0.05) is 0 Å². The summed E-state index contributed by atoms with van der Waals surface area (Å²) >= 11 is 0. The van der Waals surface area contributed by atoms with Crippen molar-refractivity contribution in [3.8, 4) is 0 Å². The summed E-state index contributed by atoms with van der Waals surface area (Å²) in [7, 11) is 2.91. The van der Waals surface area contributed by atoms with Crippen molar-refractivity contribution in [2.24, 2.45) is 5.92 Å². The smallest absolute Gasteiger partial charge is 0.325 e. The van der Waals surface area contributed by atoms with Crippen molar-refractivity contribution in [2.45, 2.75) is 12.8 Å². The maximum atomic E-state index is 11.5. The van der Waals surface area contributed by atoms with Crippen LogP contribution in [0.4, 0.5) is 0 Å². The molecule has 1 aliphatic rings. The summed E-state index contributed by atoms with van der Waals surface area (Å²) in [4.78, 5) is 23.7. The number of carbonyl (C=O) groups excluding carboxylic acids is 2. The molecule has 1 N–H and O–H groups in total. The van der Waals surface area contributed by atoms with E-state index in [4.69, 9.17) is 0 Å². The normalized spacial score (nSPS) is 14.8. The van der Waals surface area contributed by atoms with Gasteiger partial charge in [-0.25, -0.2) is 0 Å². The molecule has 0 heterocycles. The number of esters is 1. The van der Waals surface area contributed by atoms with Crippen molar-refractivity contribution in [1.29, 1.82) is 0 Å². The van der Waals surface area contributed by atoms with Gasteiger partial charge < -0.3 is 15.0 Å². The molecule has 0 unspecified atom stereocenters. The van der Waals surface area contributed by atoms with Gasteiger partial charge in [-0.05, 0) is 25.3 Å². The zero-order valence-electron chi connectivity index (χ0n) is 9.28. The Kier molecular flexibility index (Phi) is 4.55. The van der Waals surface area contributed by atoms with Crippen molar-refractivity contribution in [1.82, 2.24) is 10.2 Å². The fraction of sp³-hybridized carbons (Fsp3) is 0.800. The zero-order valence-corrected chi connectivity index (χ0v) is 9.28. The minimum Gasteiger partial charge on any atom is -0.468 e. The first-order valence-electron chi connectivity index (χ1n) is 5.15. The van der Waals surface area contributed by atoms with Gasteiger partial charge in [0.2, 0.25) is 5.91 Å². The van der Waals surface area contributed by atoms with Crippen LogP contribution in [0.1, 0.15) is 12.8 Å². The minimum absolute atomic E-state index is 0.0143. The molecule has 0 aliphatic heterocycles. The Morgan fingerprint density at radius 2 is 2.13 bits per heavy atom. The highest BCUT2D eigenvalue weighted by molar-refractivity contribution is 5.83. The first-order valence-corrected chi connectivity index (χ1v) is 5.15.